The van der Waals surface area contributed by atoms with Gasteiger partial charge in [-0.05, 0) is 79.6 Å². The molecule has 1 N–H and O–H groups in total. The van der Waals surface area contributed by atoms with Gasteiger partial charge in [0.15, 0.2) is 0 Å². The number of amides is 1. The normalized spacial score (nSPS) is 23.2. The lowest BCUT2D eigenvalue weighted by Gasteiger charge is -2.52. The highest BCUT2D eigenvalue weighted by Gasteiger charge is 2.55. The fraction of sp³-hybridized carbons (Fsp3) is 0.394. The summed E-state index contributed by atoms with van der Waals surface area (Å²) in [6, 6.07) is 22.4. The van der Waals surface area contributed by atoms with Gasteiger partial charge in [-0.1, -0.05) is 72.6 Å². The second kappa shape index (κ2) is 12.5. The molecule has 7 nitrogen and oxygen atoms in total. The molecule has 1 aliphatic heterocycles. The zero-order chi connectivity index (χ0) is 30.9. The van der Waals surface area contributed by atoms with Crippen molar-refractivity contribution < 1.29 is 23.1 Å². The molecule has 1 heterocycles. The number of carbonyl (C=O) groups excluding carboxylic acids is 1. The summed E-state index contributed by atoms with van der Waals surface area (Å²) in [5.41, 5.74) is 0.964. The smallest absolute Gasteiger partial charge is 0.304 e. The zero-order valence-electron chi connectivity index (χ0n) is 24.2. The summed E-state index contributed by atoms with van der Waals surface area (Å²) in [7, 11) is -3.88. The number of sulfonamides is 1. The molecule has 2 aliphatic rings. The predicted molar refractivity (Wildman–Crippen MR) is 170 cm³/mol. The minimum Gasteiger partial charge on any atom is -0.481 e. The van der Waals surface area contributed by atoms with Crippen LogP contribution in [-0.2, 0) is 19.6 Å². The van der Waals surface area contributed by atoms with Gasteiger partial charge in [-0.3, -0.25) is 13.9 Å². The third-order valence-corrected chi connectivity index (χ3v) is 11.1. The maximum absolute atomic E-state index is 14.6. The molecule has 3 aromatic carbocycles. The Balaban J connectivity index is 1.67. The van der Waals surface area contributed by atoms with Crippen LogP contribution in [0.5, 0.6) is 0 Å². The van der Waals surface area contributed by atoms with Crippen LogP contribution < -0.4 is 4.31 Å². The Bertz CT molecular complexity index is 1580. The molecule has 2 fully saturated rings. The van der Waals surface area contributed by atoms with Gasteiger partial charge in [0.2, 0.25) is 15.9 Å². The summed E-state index contributed by atoms with van der Waals surface area (Å²) >= 11 is 12.7. The van der Waals surface area contributed by atoms with Crippen molar-refractivity contribution >= 4 is 50.8 Å². The van der Waals surface area contributed by atoms with Crippen molar-refractivity contribution in [3.63, 3.8) is 0 Å². The maximum Gasteiger partial charge on any atom is 0.304 e. The predicted octanol–water partition coefficient (Wildman–Crippen LogP) is 7.17. The third-order valence-electron chi connectivity index (χ3n) is 8.70. The van der Waals surface area contributed by atoms with E-state index in [0.29, 0.717) is 15.7 Å². The number of carboxylic acid groups (broad SMARTS) is 1. The quantitative estimate of drug-likeness (QED) is 0.239. The molecule has 228 valence electrons. The van der Waals surface area contributed by atoms with Crippen LogP contribution >= 0.6 is 23.2 Å². The topological polar surface area (TPSA) is 95.0 Å². The molecule has 10 heteroatoms. The number of anilines is 1. The Hall–Kier alpha value is -3.07. The summed E-state index contributed by atoms with van der Waals surface area (Å²) < 4.78 is 29.7. The van der Waals surface area contributed by atoms with Crippen LogP contribution in [-0.4, -0.2) is 48.6 Å². The van der Waals surface area contributed by atoms with E-state index in [1.807, 2.05) is 36.4 Å². The van der Waals surface area contributed by atoms with Crippen LogP contribution in [0.1, 0.15) is 62.6 Å². The van der Waals surface area contributed by atoms with Gasteiger partial charge >= 0.3 is 5.97 Å². The number of hydrogen-bond donors (Lipinski definition) is 1. The van der Waals surface area contributed by atoms with Crippen LogP contribution in [0.15, 0.2) is 78.9 Å². The van der Waals surface area contributed by atoms with Crippen molar-refractivity contribution in [2.75, 3.05) is 16.6 Å². The van der Waals surface area contributed by atoms with E-state index in [1.165, 1.54) is 4.31 Å². The lowest BCUT2D eigenvalue weighted by atomic mass is 9.67. The molecule has 3 aromatic rings. The number of nitrogens with zero attached hydrogens (tertiary/aromatic N) is 2. The number of halogens is 2. The Morgan fingerprint density at radius 3 is 2.26 bits per heavy atom. The minimum absolute atomic E-state index is 0.0322. The molecule has 0 bridgehead atoms. The highest BCUT2D eigenvalue weighted by molar-refractivity contribution is 7.92. The molecule has 4 atom stereocenters. The number of carboxylic acids is 1. The van der Waals surface area contributed by atoms with E-state index >= 15 is 0 Å². The molecule has 0 aromatic heterocycles. The number of carbonyl (C=O) groups is 2. The first-order chi connectivity index (χ1) is 20.4. The van der Waals surface area contributed by atoms with E-state index in [0.717, 1.165) is 24.0 Å². The Morgan fingerprint density at radius 1 is 1.00 bits per heavy atom. The van der Waals surface area contributed by atoms with Gasteiger partial charge < -0.3 is 10.0 Å². The van der Waals surface area contributed by atoms with Crippen molar-refractivity contribution in [3.8, 4) is 0 Å². The van der Waals surface area contributed by atoms with E-state index in [1.54, 1.807) is 61.2 Å². The Kier molecular flexibility index (Phi) is 9.12. The number of likely N-dealkylation sites (tertiary alicyclic amines) is 1. The van der Waals surface area contributed by atoms with Crippen molar-refractivity contribution in [1.82, 2.24) is 4.90 Å². The largest absolute Gasteiger partial charge is 0.481 e. The second-order valence-electron chi connectivity index (χ2n) is 11.9. The van der Waals surface area contributed by atoms with Gasteiger partial charge in [0.05, 0.1) is 35.4 Å². The van der Waals surface area contributed by atoms with Crippen LogP contribution in [0, 0.1) is 11.3 Å². The summed E-state index contributed by atoms with van der Waals surface area (Å²) in [6.45, 7) is 3.71. The van der Waals surface area contributed by atoms with Crippen LogP contribution in [0.2, 0.25) is 10.0 Å². The Morgan fingerprint density at radius 2 is 1.67 bits per heavy atom. The van der Waals surface area contributed by atoms with E-state index in [4.69, 9.17) is 23.2 Å². The average molecular weight is 644 g/mol. The lowest BCUT2D eigenvalue weighted by molar-refractivity contribution is -0.160. The minimum atomic E-state index is -3.88. The second-order valence-corrected chi connectivity index (χ2v) is 14.7. The first-order valence-corrected chi connectivity index (χ1v) is 16.9. The standard InChI is InChI=1S/C33H36Cl2N2O5S/c1-3-36(27-10-5-4-6-11-27)43(41,42)21-29(22-12-13-22)37-31(23-14-16-25(34)17-15-23)28(24-8-7-9-26(35)18-24)19-33(2,32(37)40)20-30(38)39/h4-11,14-18,22,28-29,31H,3,12-13,19-21H2,1-2H3,(H,38,39)/t28-,29-,31-,33-/m1/s1. The number of hydrogen-bond acceptors (Lipinski definition) is 4. The molecule has 1 saturated heterocycles. The first kappa shape index (κ1) is 31.4. The number of benzene rings is 3. The summed E-state index contributed by atoms with van der Waals surface area (Å²) in [5, 5.41) is 11.0. The first-order valence-electron chi connectivity index (χ1n) is 14.5. The highest BCUT2D eigenvalue weighted by atomic mass is 35.5. The van der Waals surface area contributed by atoms with Gasteiger partial charge in [0.25, 0.3) is 0 Å². The van der Waals surface area contributed by atoms with E-state index in [9.17, 15) is 23.1 Å². The SMILES string of the molecule is CCN(c1ccccc1)S(=O)(=O)C[C@H](C1CC1)N1C(=O)[C@@](C)(CC(=O)O)C[C@H](c2cccc(Cl)c2)[C@H]1c1ccc(Cl)cc1. The molecule has 0 unspecified atom stereocenters. The van der Waals surface area contributed by atoms with E-state index in [2.05, 4.69) is 0 Å². The maximum atomic E-state index is 14.6. The monoisotopic (exact) mass is 642 g/mol. The van der Waals surface area contributed by atoms with Crippen LogP contribution in [0.25, 0.3) is 0 Å². The van der Waals surface area contributed by atoms with Crippen molar-refractivity contribution in [2.45, 2.75) is 57.5 Å². The van der Waals surface area contributed by atoms with Gasteiger partial charge in [-0.25, -0.2) is 8.42 Å². The van der Waals surface area contributed by atoms with E-state index in [-0.39, 0.29) is 42.9 Å². The number of para-hydroxylation sites is 1. The Labute approximate surface area is 263 Å². The van der Waals surface area contributed by atoms with Gasteiger partial charge in [0.1, 0.15) is 0 Å². The summed E-state index contributed by atoms with van der Waals surface area (Å²) in [4.78, 5) is 28.5. The molecule has 0 radical (unpaired) electrons. The molecule has 5 rings (SSSR count). The molecular weight excluding hydrogens is 607 g/mol. The van der Waals surface area contributed by atoms with Gasteiger partial charge in [-0.2, -0.15) is 0 Å². The molecule has 0 spiro atoms. The van der Waals surface area contributed by atoms with E-state index < -0.39 is 33.5 Å². The summed E-state index contributed by atoms with van der Waals surface area (Å²) in [6.07, 6.45) is 1.46. The molecule has 1 amide bonds. The molecule has 1 saturated carbocycles. The van der Waals surface area contributed by atoms with Crippen molar-refractivity contribution in [2.24, 2.45) is 11.3 Å². The highest BCUT2D eigenvalue weighted by Crippen LogP contribution is 2.54. The lowest BCUT2D eigenvalue weighted by Crippen LogP contribution is -2.58. The number of aliphatic carboxylic acids is 1. The molecular formula is C33H36Cl2N2O5S. The van der Waals surface area contributed by atoms with Crippen LogP contribution in [0.4, 0.5) is 5.69 Å². The molecule has 1 aliphatic carbocycles. The van der Waals surface area contributed by atoms with Gasteiger partial charge in [-0.15, -0.1) is 0 Å². The van der Waals surface area contributed by atoms with Crippen molar-refractivity contribution in [1.29, 1.82) is 0 Å². The number of rotatable bonds is 11. The fourth-order valence-corrected chi connectivity index (χ4v) is 8.81. The summed E-state index contributed by atoms with van der Waals surface area (Å²) in [5.74, 6) is -2.08. The number of piperidine rings is 1. The van der Waals surface area contributed by atoms with Crippen LogP contribution in [0.3, 0.4) is 0 Å². The zero-order valence-corrected chi connectivity index (χ0v) is 26.5. The van der Waals surface area contributed by atoms with Crippen molar-refractivity contribution in [3.05, 3.63) is 100 Å². The van der Waals surface area contributed by atoms with Gasteiger partial charge in [0, 0.05) is 22.5 Å². The third kappa shape index (κ3) is 6.71. The average Bonchev–Trinajstić information content (AvgIpc) is 3.80. The fourth-order valence-electron chi connectivity index (χ4n) is 6.61. The molecule has 43 heavy (non-hydrogen) atoms.